The molecule has 0 spiro atoms. The summed E-state index contributed by atoms with van der Waals surface area (Å²) in [6, 6.07) is 0. The van der Waals surface area contributed by atoms with Gasteiger partial charge >= 0.3 is 5.97 Å². The van der Waals surface area contributed by atoms with E-state index >= 15 is 0 Å². The van der Waals surface area contributed by atoms with Gasteiger partial charge in [-0.3, -0.25) is 9.59 Å². The number of methoxy groups -OCH3 is 1. The van der Waals surface area contributed by atoms with Gasteiger partial charge in [-0.2, -0.15) is 0 Å². The number of esters is 1. The first-order valence-corrected chi connectivity index (χ1v) is 11.3. The highest BCUT2D eigenvalue weighted by Gasteiger charge is 2.08. The smallest absolute Gasteiger partial charge is 0.313 e. The van der Waals surface area contributed by atoms with Gasteiger partial charge in [0.15, 0.2) is 0 Å². The highest BCUT2D eigenvalue weighted by molar-refractivity contribution is 5.95. The second-order valence-corrected chi connectivity index (χ2v) is 7.70. The number of rotatable bonds is 20. The van der Waals surface area contributed by atoms with Gasteiger partial charge in [-0.1, -0.05) is 110 Å². The Bertz CT molecular complexity index is 325. The first-order chi connectivity index (χ1) is 12.7. The molecule has 0 aliphatic carbocycles. The summed E-state index contributed by atoms with van der Waals surface area (Å²) in [5, 5.41) is 0. The third-order valence-electron chi connectivity index (χ3n) is 5.13. The van der Waals surface area contributed by atoms with Crippen LogP contribution < -0.4 is 0 Å². The van der Waals surface area contributed by atoms with Gasteiger partial charge in [0.1, 0.15) is 12.2 Å². The lowest BCUT2D eigenvalue weighted by atomic mass is 10.0. The van der Waals surface area contributed by atoms with Crippen LogP contribution >= 0.6 is 0 Å². The van der Waals surface area contributed by atoms with Crippen LogP contribution in [-0.2, 0) is 14.3 Å². The second kappa shape index (κ2) is 20.5. The Labute approximate surface area is 162 Å². The van der Waals surface area contributed by atoms with E-state index in [9.17, 15) is 9.59 Å². The predicted octanol–water partition coefficient (Wildman–Crippen LogP) is 7.16. The Morgan fingerprint density at radius 3 is 1.27 bits per heavy atom. The third-order valence-corrected chi connectivity index (χ3v) is 5.13. The maximum Gasteiger partial charge on any atom is 0.313 e. The Hall–Kier alpha value is -0.860. The zero-order chi connectivity index (χ0) is 19.3. The zero-order valence-electron chi connectivity index (χ0n) is 17.7. The lowest BCUT2D eigenvalue weighted by molar-refractivity contribution is -0.143. The summed E-state index contributed by atoms with van der Waals surface area (Å²) in [6.07, 6.45) is 23.2. The Morgan fingerprint density at radius 2 is 0.923 bits per heavy atom. The fourth-order valence-electron chi connectivity index (χ4n) is 3.37. The summed E-state index contributed by atoms with van der Waals surface area (Å²) in [5.74, 6) is -0.403. The topological polar surface area (TPSA) is 43.4 Å². The lowest BCUT2D eigenvalue weighted by Gasteiger charge is -2.04. The fraction of sp³-hybridized carbons (Fsp3) is 0.913. The van der Waals surface area contributed by atoms with Gasteiger partial charge in [-0.05, 0) is 6.42 Å². The minimum atomic E-state index is -0.415. The molecule has 0 aromatic carbocycles. The van der Waals surface area contributed by atoms with Crippen molar-refractivity contribution in [3.8, 4) is 0 Å². The molecule has 0 saturated heterocycles. The second-order valence-electron chi connectivity index (χ2n) is 7.70. The molecule has 0 fully saturated rings. The number of Topliss-reactive ketones (excluding diaryl/α,β-unsaturated/α-hetero) is 1. The van der Waals surface area contributed by atoms with Crippen molar-refractivity contribution in [2.45, 2.75) is 129 Å². The van der Waals surface area contributed by atoms with Crippen LogP contribution in [0.1, 0.15) is 129 Å². The standard InChI is InChI=1S/C23H44O3/c1-3-4-5-6-7-8-9-10-11-12-13-14-15-16-17-18-19-20-22(24)21-23(25)26-2/h3-21H2,1-2H3. The number of unbranched alkanes of at least 4 members (excludes halogenated alkanes) is 16. The maximum absolute atomic E-state index is 11.5. The van der Waals surface area contributed by atoms with Crippen molar-refractivity contribution in [1.29, 1.82) is 0 Å². The van der Waals surface area contributed by atoms with Crippen LogP contribution in [0.3, 0.4) is 0 Å². The van der Waals surface area contributed by atoms with Crippen LogP contribution in [0.2, 0.25) is 0 Å². The van der Waals surface area contributed by atoms with Crippen LogP contribution in [0.4, 0.5) is 0 Å². The first-order valence-electron chi connectivity index (χ1n) is 11.3. The summed E-state index contributed by atoms with van der Waals surface area (Å²) in [4.78, 5) is 22.4. The van der Waals surface area contributed by atoms with Gasteiger partial charge < -0.3 is 4.74 Å². The van der Waals surface area contributed by atoms with Gasteiger partial charge in [-0.25, -0.2) is 0 Å². The Kier molecular flexibility index (Phi) is 19.8. The highest BCUT2D eigenvalue weighted by atomic mass is 16.5. The molecule has 0 aliphatic heterocycles. The van der Waals surface area contributed by atoms with Gasteiger partial charge in [0, 0.05) is 6.42 Å². The largest absolute Gasteiger partial charge is 0.469 e. The van der Waals surface area contributed by atoms with Crippen molar-refractivity contribution in [2.75, 3.05) is 7.11 Å². The number of hydrogen-bond acceptors (Lipinski definition) is 3. The van der Waals surface area contributed by atoms with Crippen molar-refractivity contribution < 1.29 is 14.3 Å². The van der Waals surface area contributed by atoms with Gasteiger partial charge in [0.2, 0.25) is 0 Å². The van der Waals surface area contributed by atoms with Crippen molar-refractivity contribution in [3.05, 3.63) is 0 Å². The van der Waals surface area contributed by atoms with Crippen LogP contribution in [0.25, 0.3) is 0 Å². The molecule has 0 rings (SSSR count). The average Bonchev–Trinajstić information content (AvgIpc) is 2.64. The van der Waals surface area contributed by atoms with Crippen LogP contribution in [-0.4, -0.2) is 18.9 Å². The van der Waals surface area contributed by atoms with E-state index in [2.05, 4.69) is 11.7 Å². The third kappa shape index (κ3) is 19.5. The Balaban J connectivity index is 3.11. The van der Waals surface area contributed by atoms with E-state index in [4.69, 9.17) is 0 Å². The van der Waals surface area contributed by atoms with Crippen molar-refractivity contribution in [2.24, 2.45) is 0 Å². The molecular weight excluding hydrogens is 324 g/mol. The highest BCUT2D eigenvalue weighted by Crippen LogP contribution is 2.14. The molecule has 0 heterocycles. The van der Waals surface area contributed by atoms with Gasteiger partial charge in [0.05, 0.1) is 7.11 Å². The molecule has 154 valence electrons. The monoisotopic (exact) mass is 368 g/mol. The molecule has 0 aromatic rings. The first kappa shape index (κ1) is 25.1. The van der Waals surface area contributed by atoms with Crippen molar-refractivity contribution in [1.82, 2.24) is 0 Å². The lowest BCUT2D eigenvalue weighted by Crippen LogP contribution is -2.08. The van der Waals surface area contributed by atoms with E-state index in [1.807, 2.05) is 0 Å². The number of carbonyl (C=O) groups excluding carboxylic acids is 2. The Morgan fingerprint density at radius 1 is 0.577 bits per heavy atom. The van der Waals surface area contributed by atoms with Gasteiger partial charge in [-0.15, -0.1) is 0 Å². The quantitative estimate of drug-likeness (QED) is 0.130. The average molecular weight is 369 g/mol. The van der Waals surface area contributed by atoms with Crippen LogP contribution in [0, 0.1) is 0 Å². The molecule has 0 saturated carbocycles. The van der Waals surface area contributed by atoms with E-state index in [0.717, 1.165) is 12.8 Å². The molecule has 3 nitrogen and oxygen atoms in total. The maximum atomic E-state index is 11.5. The molecule has 0 amide bonds. The predicted molar refractivity (Wildman–Crippen MR) is 110 cm³/mol. The summed E-state index contributed by atoms with van der Waals surface area (Å²) in [6.45, 7) is 2.28. The molecule has 26 heavy (non-hydrogen) atoms. The summed E-state index contributed by atoms with van der Waals surface area (Å²) in [7, 11) is 1.32. The van der Waals surface area contributed by atoms with Crippen LogP contribution in [0.5, 0.6) is 0 Å². The van der Waals surface area contributed by atoms with E-state index in [0.29, 0.717) is 6.42 Å². The normalized spacial score (nSPS) is 10.8. The molecule has 0 unspecified atom stereocenters. The molecule has 0 aliphatic rings. The zero-order valence-corrected chi connectivity index (χ0v) is 17.7. The SMILES string of the molecule is CCCCCCCCCCCCCCCCCCCC(=O)CC(=O)OC. The van der Waals surface area contributed by atoms with E-state index in [1.54, 1.807) is 0 Å². The fourth-order valence-corrected chi connectivity index (χ4v) is 3.37. The van der Waals surface area contributed by atoms with E-state index in [1.165, 1.54) is 103 Å². The summed E-state index contributed by atoms with van der Waals surface area (Å²) in [5.41, 5.74) is 0. The number of carbonyl (C=O) groups is 2. The molecule has 0 radical (unpaired) electrons. The summed E-state index contributed by atoms with van der Waals surface area (Å²) >= 11 is 0. The summed E-state index contributed by atoms with van der Waals surface area (Å²) < 4.78 is 4.50. The van der Waals surface area contributed by atoms with Crippen molar-refractivity contribution in [3.63, 3.8) is 0 Å². The molecule has 3 heteroatoms. The molecule has 0 bridgehead atoms. The number of ether oxygens (including phenoxy) is 1. The number of hydrogen-bond donors (Lipinski definition) is 0. The number of ketones is 1. The molecular formula is C23H44O3. The van der Waals surface area contributed by atoms with Crippen LogP contribution in [0.15, 0.2) is 0 Å². The molecule has 0 N–H and O–H groups in total. The minimum Gasteiger partial charge on any atom is -0.469 e. The van der Waals surface area contributed by atoms with Gasteiger partial charge in [0.25, 0.3) is 0 Å². The van der Waals surface area contributed by atoms with Crippen molar-refractivity contribution >= 4 is 11.8 Å². The molecule has 0 atom stereocenters. The van der Waals surface area contributed by atoms with E-state index in [-0.39, 0.29) is 12.2 Å². The molecule has 0 aromatic heterocycles. The van der Waals surface area contributed by atoms with E-state index < -0.39 is 5.97 Å². The minimum absolute atomic E-state index is 0.0119.